The maximum atomic E-state index is 6.01. The van der Waals surface area contributed by atoms with Crippen LogP contribution in [-0.4, -0.2) is 19.3 Å². The van der Waals surface area contributed by atoms with E-state index in [1.54, 1.807) is 0 Å². The van der Waals surface area contributed by atoms with Crippen molar-refractivity contribution in [3.63, 3.8) is 0 Å². The van der Waals surface area contributed by atoms with E-state index in [9.17, 15) is 0 Å². The summed E-state index contributed by atoms with van der Waals surface area (Å²) >= 11 is 0. The monoisotopic (exact) mass is 227 g/mol. The summed E-state index contributed by atoms with van der Waals surface area (Å²) in [6, 6.07) is 0. The van der Waals surface area contributed by atoms with Crippen LogP contribution >= 0.6 is 0 Å². The Hall–Kier alpha value is -0.0800. The first kappa shape index (κ1) is 14.0. The minimum absolute atomic E-state index is 0.228. The predicted octanol–water partition coefficient (Wildman–Crippen LogP) is 3.20. The van der Waals surface area contributed by atoms with Gasteiger partial charge in [0, 0.05) is 6.61 Å². The highest BCUT2D eigenvalue weighted by atomic mass is 16.5. The molecule has 0 heterocycles. The molecule has 0 spiro atoms. The molecular formula is C14H29NO. The summed E-state index contributed by atoms with van der Waals surface area (Å²) in [5, 5.41) is 0. The van der Waals surface area contributed by atoms with Crippen molar-refractivity contribution in [1.29, 1.82) is 0 Å². The van der Waals surface area contributed by atoms with E-state index in [1.807, 2.05) is 0 Å². The van der Waals surface area contributed by atoms with E-state index in [1.165, 1.54) is 19.3 Å². The Kier molecular flexibility index (Phi) is 5.26. The van der Waals surface area contributed by atoms with Gasteiger partial charge in [0.05, 0.1) is 6.10 Å². The average molecular weight is 227 g/mol. The maximum absolute atomic E-state index is 6.01. The predicted molar refractivity (Wildman–Crippen MR) is 69.4 cm³/mol. The number of rotatable bonds is 5. The molecule has 0 bridgehead atoms. The Morgan fingerprint density at radius 1 is 1.12 bits per heavy atom. The van der Waals surface area contributed by atoms with Crippen LogP contribution in [0.3, 0.4) is 0 Å². The van der Waals surface area contributed by atoms with Crippen LogP contribution in [0, 0.1) is 17.3 Å². The summed E-state index contributed by atoms with van der Waals surface area (Å²) in [6.07, 6.45) is 5.42. The lowest BCUT2D eigenvalue weighted by molar-refractivity contribution is -0.00927. The molecule has 0 aliphatic heterocycles. The summed E-state index contributed by atoms with van der Waals surface area (Å²) in [5.41, 5.74) is 5.94. The molecule has 1 aliphatic carbocycles. The molecule has 1 aliphatic rings. The van der Waals surface area contributed by atoms with Crippen LogP contribution in [0.25, 0.3) is 0 Å². The van der Waals surface area contributed by atoms with Crippen LogP contribution in [0.15, 0.2) is 0 Å². The zero-order chi connectivity index (χ0) is 12.2. The minimum Gasteiger partial charge on any atom is -0.378 e. The molecule has 2 unspecified atom stereocenters. The normalized spacial score (nSPS) is 31.7. The van der Waals surface area contributed by atoms with Crippen LogP contribution < -0.4 is 5.73 Å². The third-order valence-corrected chi connectivity index (χ3v) is 3.82. The first-order valence-corrected chi connectivity index (χ1v) is 6.74. The fraction of sp³-hybridized carbons (Fsp3) is 1.00. The van der Waals surface area contributed by atoms with E-state index in [0.29, 0.717) is 6.10 Å². The molecule has 1 rings (SSSR count). The molecule has 2 N–H and O–H groups in total. The average Bonchev–Trinajstić information content (AvgIpc) is 2.16. The first-order chi connectivity index (χ1) is 7.43. The van der Waals surface area contributed by atoms with Gasteiger partial charge in [0.1, 0.15) is 0 Å². The summed E-state index contributed by atoms with van der Waals surface area (Å²) in [6.45, 7) is 10.7. The summed E-state index contributed by atoms with van der Waals surface area (Å²) in [7, 11) is 0. The SMILES string of the molecule is CC1CC(C)CC(OCCC(C)(C)CN)C1. The lowest BCUT2D eigenvalue weighted by atomic mass is 9.81. The topological polar surface area (TPSA) is 35.2 Å². The van der Waals surface area contributed by atoms with E-state index in [4.69, 9.17) is 10.5 Å². The number of hydrogen-bond acceptors (Lipinski definition) is 2. The van der Waals surface area contributed by atoms with Crippen molar-refractivity contribution in [2.75, 3.05) is 13.2 Å². The van der Waals surface area contributed by atoms with Gasteiger partial charge < -0.3 is 10.5 Å². The highest BCUT2D eigenvalue weighted by molar-refractivity contribution is 4.76. The second kappa shape index (κ2) is 6.02. The van der Waals surface area contributed by atoms with Gasteiger partial charge in [0.2, 0.25) is 0 Å². The molecule has 1 fully saturated rings. The number of hydrogen-bond donors (Lipinski definition) is 1. The second-order valence-electron chi connectivity index (χ2n) is 6.53. The molecule has 1 saturated carbocycles. The Balaban J connectivity index is 2.22. The fourth-order valence-corrected chi connectivity index (χ4v) is 2.61. The molecule has 16 heavy (non-hydrogen) atoms. The smallest absolute Gasteiger partial charge is 0.0580 e. The molecule has 0 aromatic rings. The summed E-state index contributed by atoms with van der Waals surface area (Å²) in [4.78, 5) is 0. The molecule has 2 nitrogen and oxygen atoms in total. The van der Waals surface area contributed by atoms with Crippen molar-refractivity contribution in [2.45, 2.75) is 59.5 Å². The molecule has 2 heteroatoms. The van der Waals surface area contributed by atoms with Gasteiger partial charge in [-0.05, 0) is 49.5 Å². The molecule has 0 radical (unpaired) electrons. The van der Waals surface area contributed by atoms with Gasteiger partial charge in [0.25, 0.3) is 0 Å². The van der Waals surface area contributed by atoms with E-state index in [2.05, 4.69) is 27.7 Å². The van der Waals surface area contributed by atoms with Crippen LogP contribution in [-0.2, 0) is 4.74 Å². The zero-order valence-electron chi connectivity index (χ0n) is 11.5. The van der Waals surface area contributed by atoms with Crippen LogP contribution in [0.4, 0.5) is 0 Å². The van der Waals surface area contributed by atoms with Crippen LogP contribution in [0.5, 0.6) is 0 Å². The van der Waals surface area contributed by atoms with Crippen molar-refractivity contribution < 1.29 is 4.74 Å². The molecule has 0 aromatic carbocycles. The Labute approximate surface area is 101 Å². The third kappa shape index (κ3) is 4.84. The third-order valence-electron chi connectivity index (χ3n) is 3.82. The van der Waals surface area contributed by atoms with Crippen molar-refractivity contribution in [3.8, 4) is 0 Å². The van der Waals surface area contributed by atoms with Gasteiger partial charge >= 0.3 is 0 Å². The lowest BCUT2D eigenvalue weighted by Gasteiger charge is -2.32. The van der Waals surface area contributed by atoms with Gasteiger partial charge in [-0.1, -0.05) is 27.7 Å². The Bertz CT molecular complexity index is 193. The van der Waals surface area contributed by atoms with Crippen molar-refractivity contribution in [2.24, 2.45) is 23.0 Å². The molecular weight excluding hydrogens is 198 g/mol. The largest absolute Gasteiger partial charge is 0.378 e. The summed E-state index contributed by atoms with van der Waals surface area (Å²) < 4.78 is 6.01. The van der Waals surface area contributed by atoms with E-state index in [0.717, 1.165) is 31.4 Å². The van der Waals surface area contributed by atoms with E-state index in [-0.39, 0.29) is 5.41 Å². The van der Waals surface area contributed by atoms with E-state index >= 15 is 0 Å². The molecule has 0 saturated heterocycles. The summed E-state index contributed by atoms with van der Waals surface area (Å²) in [5.74, 6) is 1.66. The van der Waals surface area contributed by atoms with Crippen molar-refractivity contribution >= 4 is 0 Å². The van der Waals surface area contributed by atoms with Crippen LogP contribution in [0.2, 0.25) is 0 Å². The quantitative estimate of drug-likeness (QED) is 0.783. The van der Waals surface area contributed by atoms with Crippen LogP contribution in [0.1, 0.15) is 53.4 Å². The lowest BCUT2D eigenvalue weighted by Crippen LogP contribution is -2.29. The van der Waals surface area contributed by atoms with Gasteiger partial charge in [-0.3, -0.25) is 0 Å². The Morgan fingerprint density at radius 3 is 2.19 bits per heavy atom. The molecule has 96 valence electrons. The maximum Gasteiger partial charge on any atom is 0.0580 e. The molecule has 2 atom stereocenters. The standard InChI is InChI=1S/C14H29NO/c1-11-7-12(2)9-13(8-11)16-6-5-14(3,4)10-15/h11-13H,5-10,15H2,1-4H3. The van der Waals surface area contributed by atoms with E-state index < -0.39 is 0 Å². The molecule has 0 aromatic heterocycles. The molecule has 0 amide bonds. The first-order valence-electron chi connectivity index (χ1n) is 6.74. The van der Waals surface area contributed by atoms with Gasteiger partial charge in [-0.25, -0.2) is 0 Å². The van der Waals surface area contributed by atoms with Crippen molar-refractivity contribution in [1.82, 2.24) is 0 Å². The number of nitrogens with two attached hydrogens (primary N) is 1. The fourth-order valence-electron chi connectivity index (χ4n) is 2.61. The zero-order valence-corrected chi connectivity index (χ0v) is 11.5. The van der Waals surface area contributed by atoms with Gasteiger partial charge in [-0.2, -0.15) is 0 Å². The van der Waals surface area contributed by atoms with Crippen molar-refractivity contribution in [3.05, 3.63) is 0 Å². The highest BCUT2D eigenvalue weighted by Crippen LogP contribution is 2.30. The second-order valence-corrected chi connectivity index (χ2v) is 6.53. The highest BCUT2D eigenvalue weighted by Gasteiger charge is 2.25. The van der Waals surface area contributed by atoms with Gasteiger partial charge in [-0.15, -0.1) is 0 Å². The minimum atomic E-state index is 0.228. The van der Waals surface area contributed by atoms with Gasteiger partial charge in [0.15, 0.2) is 0 Å². The Morgan fingerprint density at radius 2 is 1.69 bits per heavy atom. The number of ether oxygens (including phenoxy) is 1.